The maximum atomic E-state index is 12.9. The van der Waals surface area contributed by atoms with Crippen LogP contribution in [0.25, 0.3) is 27.3 Å². The van der Waals surface area contributed by atoms with Crippen molar-refractivity contribution in [1.29, 1.82) is 11.1 Å². The first kappa shape index (κ1) is 103. The first-order valence-electron chi connectivity index (χ1n) is 41.7. The van der Waals surface area contributed by atoms with Gasteiger partial charge in [0.1, 0.15) is 5.76 Å². The van der Waals surface area contributed by atoms with Crippen LogP contribution in [0.5, 0.6) is 0 Å². The van der Waals surface area contributed by atoms with Gasteiger partial charge in [0.05, 0.1) is 38.9 Å². The van der Waals surface area contributed by atoms with Crippen molar-refractivity contribution >= 4 is 57.2 Å². The van der Waals surface area contributed by atoms with E-state index in [0.29, 0.717) is 22.6 Å². The molecule has 109 heavy (non-hydrogen) atoms. The van der Waals surface area contributed by atoms with Crippen molar-refractivity contribution in [1.82, 2.24) is 20.0 Å². The van der Waals surface area contributed by atoms with Crippen molar-refractivity contribution in [3.05, 3.63) is 157 Å². The normalized spacial score (nSPS) is 16.8. The molecule has 8 aliphatic rings. The number of cyclic esters (lactones) is 3. The summed E-state index contributed by atoms with van der Waals surface area (Å²) < 4.78 is 11.5. The van der Waals surface area contributed by atoms with Crippen molar-refractivity contribution in [2.75, 3.05) is 0 Å². The molecule has 6 saturated carbocycles. The standard InChI is InChI=1S/C23H32N2O.C15H18N2O.C15H16O2.C12H22.C8H4O3.C4H10.C3H6O2.C2H4O2.4C2H6.H2N2.2Na.H/c26-23-21-14-8-7-13-20(21)22(17-19-11-5-2-6-12-19)24-25(23)16-15-18-9-3-1-4-10-18;18-15-13-9-5-4-8-12(13)14(16-17-15)10-11-6-2-1-3-7-11;16-15-13-9-5-4-8-12(13)14(17-15)10-11-6-2-1-3-7-11;1-3-7-11(8-4-1)12-9-5-2-6-10-12;9-7-5-3-1-2-4-6(5)8(10)11-7;1-3-4-2;1-2-3(4)5;1-2(3)4;5*1-2;;;/h7-8,13-14,18-19H,1-6,9-12,15-17H2;4-5,8-9,11H,1-3,6-7,10H2,(H,17,18);4-5,8-11H,1-3,6-7H2;11-12H,1-10H2;1-4H;3-4H2,1-2H3;2H2,1H3,(H,4,5);1H3,(H,3,4);4*1-2H3;1-2H;;;/q;;;;;;;;;;;;;2*+1;-1/p-1. The second-order valence-corrected chi connectivity index (χ2v) is 27.9. The number of aromatic amines is 1. The van der Waals surface area contributed by atoms with E-state index in [1.165, 1.54) is 180 Å². The molecule has 0 atom stereocenters. The fourth-order valence-corrected chi connectivity index (χ4v) is 15.0. The zero-order chi connectivity index (χ0) is 79.2. The number of nitrogens with one attached hydrogen (secondary N) is 3. The molecule has 0 amide bonds. The number of carbonyl (C=O) groups excluding carboxylic acids is 4. The van der Waals surface area contributed by atoms with E-state index in [9.17, 15) is 28.8 Å². The number of hydrogen-bond donors (Lipinski definition) is 4. The smallest absolute Gasteiger partial charge is 1.00 e. The minimum absolute atomic E-state index is 0. The Balaban J connectivity index is 0. The largest absolute Gasteiger partial charge is 1.00 e. The Morgan fingerprint density at radius 3 is 1.21 bits per heavy atom. The van der Waals surface area contributed by atoms with E-state index in [1.54, 1.807) is 61.6 Å². The van der Waals surface area contributed by atoms with Gasteiger partial charge in [-0.15, -0.1) is 0 Å². The van der Waals surface area contributed by atoms with Gasteiger partial charge in [-0.25, -0.2) is 35.2 Å². The SMILES string of the molecule is C1CCC(C2CCCCC2)CC1.CC.CC.CC.CC.CC(=O)[O-].CCC(=O)O.CCCC.N=N.O=C1OC(=CC2CCCCC2)c2ccccc21.O=C1OC(=O)c2ccccc21.O=c1[nH]nc(CC2CCCCC2)c2ccccc12.O=c1c2ccccc2c(CC2CCCCC2)nn1CCC1CCCCC1.[H-].[Na+].[Na+]. The van der Waals surface area contributed by atoms with Crippen LogP contribution in [-0.4, -0.2) is 54.9 Å². The van der Waals surface area contributed by atoms with Crippen molar-refractivity contribution in [2.24, 2.45) is 35.5 Å². The number of carbonyl (C=O) groups is 5. The summed E-state index contributed by atoms with van der Waals surface area (Å²) in [4.78, 5) is 76.2. The van der Waals surface area contributed by atoms with Crippen LogP contribution in [0.2, 0.25) is 0 Å². The average Bonchev–Trinajstić information content (AvgIpc) is 1.53. The number of ether oxygens (including phenoxy) is 2. The molecule has 0 spiro atoms. The van der Waals surface area contributed by atoms with Gasteiger partial charge in [0, 0.05) is 35.3 Å². The number of aryl methyl sites for hydroxylation is 1. The molecule has 2 aliphatic heterocycles. The van der Waals surface area contributed by atoms with Gasteiger partial charge in [-0.05, 0) is 111 Å². The number of rotatable bonds is 11. The Bertz CT molecular complexity index is 3550. The topological polar surface area (TPSA) is 275 Å². The molecule has 4 aromatic carbocycles. The number of fused-ring (bicyclic) bond motifs is 4. The maximum absolute atomic E-state index is 12.9. The zero-order valence-corrected chi connectivity index (χ0v) is 73.8. The minimum atomic E-state index is -1.08. The molecule has 19 heteroatoms. The molecule has 596 valence electrons. The van der Waals surface area contributed by atoms with Crippen LogP contribution in [0.3, 0.4) is 0 Å². The molecule has 4 N–H and O–H groups in total. The molecular formula is C90H138N6Na2O11. The molecule has 17 nitrogen and oxygen atoms in total. The number of benzene rings is 4. The van der Waals surface area contributed by atoms with Gasteiger partial charge in [0.15, 0.2) is 0 Å². The second kappa shape index (κ2) is 63.6. The van der Waals surface area contributed by atoms with E-state index in [2.05, 4.69) is 40.9 Å². The minimum Gasteiger partial charge on any atom is -1.00 e. The van der Waals surface area contributed by atoms with Gasteiger partial charge in [-0.1, -0.05) is 336 Å². The maximum Gasteiger partial charge on any atom is 1.00 e. The molecule has 6 aliphatic carbocycles. The molecular weight excluding hydrogens is 1390 g/mol. The van der Waals surface area contributed by atoms with Crippen molar-refractivity contribution in [3.63, 3.8) is 0 Å². The Morgan fingerprint density at radius 1 is 0.486 bits per heavy atom. The number of esters is 3. The summed E-state index contributed by atoms with van der Waals surface area (Å²) in [5.41, 5.74) is 14.6. The number of unbranched alkanes of at least 4 members (excludes halogenated alkanes) is 1. The van der Waals surface area contributed by atoms with E-state index >= 15 is 0 Å². The number of aliphatic carboxylic acids is 2. The Kier molecular flexibility index (Phi) is 60.1. The summed E-state index contributed by atoms with van der Waals surface area (Å²) in [7, 11) is 0. The molecule has 4 heterocycles. The van der Waals surface area contributed by atoms with Gasteiger partial charge in [0.2, 0.25) is 0 Å². The first-order chi connectivity index (χ1) is 52.2. The van der Waals surface area contributed by atoms with Crippen molar-refractivity contribution < 1.29 is 104 Å². The first-order valence-corrected chi connectivity index (χ1v) is 41.7. The summed E-state index contributed by atoms with van der Waals surface area (Å²) in [5, 5.41) is 32.1. The fraction of sp³-hybridized carbons (Fsp3) is 0.611. The summed E-state index contributed by atoms with van der Waals surface area (Å²) in [6, 6.07) is 30.0. The van der Waals surface area contributed by atoms with Crippen molar-refractivity contribution in [3.8, 4) is 0 Å². The van der Waals surface area contributed by atoms with Crippen LogP contribution in [0.1, 0.15) is 351 Å². The summed E-state index contributed by atoms with van der Waals surface area (Å²) in [6.07, 6.45) is 50.1. The van der Waals surface area contributed by atoms with Gasteiger partial charge in [-0.2, -0.15) is 10.2 Å². The van der Waals surface area contributed by atoms with E-state index in [-0.39, 0.29) is 84.0 Å². The molecule has 0 saturated heterocycles. The molecule has 0 radical (unpaired) electrons. The number of hydrogen-bond acceptors (Lipinski definition) is 14. The van der Waals surface area contributed by atoms with Crippen molar-refractivity contribution in [2.45, 2.75) is 321 Å². The Morgan fingerprint density at radius 2 is 0.807 bits per heavy atom. The van der Waals surface area contributed by atoms with Crippen LogP contribution >= 0.6 is 0 Å². The Labute approximate surface area is 700 Å². The zero-order valence-electron chi connectivity index (χ0n) is 70.8. The third-order valence-electron chi connectivity index (χ3n) is 20.6. The quantitative estimate of drug-likeness (QED) is 0.0407. The molecule has 2 aromatic heterocycles. The number of carboxylic acid groups (broad SMARTS) is 2. The van der Waals surface area contributed by atoms with Gasteiger partial charge in [-0.3, -0.25) is 14.4 Å². The monoisotopic (exact) mass is 1530 g/mol. The van der Waals surface area contributed by atoms with Gasteiger partial charge >= 0.3 is 83.0 Å². The van der Waals surface area contributed by atoms with Crippen LogP contribution in [0.15, 0.2) is 113 Å². The number of aromatic nitrogens is 4. The third-order valence-corrected chi connectivity index (χ3v) is 20.6. The summed E-state index contributed by atoms with van der Waals surface area (Å²) in [6.45, 7) is 23.7. The molecule has 0 bridgehead atoms. The average molecular weight is 1530 g/mol. The van der Waals surface area contributed by atoms with E-state index in [1.807, 2.05) is 122 Å². The van der Waals surface area contributed by atoms with Gasteiger partial charge < -0.3 is 25.9 Å². The number of H-pyrrole nitrogens is 1. The van der Waals surface area contributed by atoms with E-state index in [4.69, 9.17) is 35.9 Å². The van der Waals surface area contributed by atoms with Crippen LogP contribution in [0.4, 0.5) is 0 Å². The van der Waals surface area contributed by atoms with E-state index < -0.39 is 23.9 Å². The summed E-state index contributed by atoms with van der Waals surface area (Å²) >= 11 is 0. The van der Waals surface area contributed by atoms with Crippen LogP contribution < -0.4 is 75.3 Å². The Hall–Kier alpha value is -5.95. The number of carboxylic acids is 2. The predicted molar refractivity (Wildman–Crippen MR) is 437 cm³/mol. The summed E-state index contributed by atoms with van der Waals surface area (Å²) in [5.74, 6) is 2.76. The van der Waals surface area contributed by atoms with E-state index in [0.717, 1.165) is 107 Å². The molecule has 14 rings (SSSR count). The van der Waals surface area contributed by atoms with Crippen LogP contribution in [0, 0.1) is 46.6 Å². The number of allylic oxidation sites excluding steroid dienone is 1. The fourth-order valence-electron chi connectivity index (χ4n) is 15.0. The molecule has 6 aromatic rings. The number of nitrogens with zero attached hydrogens (tertiary/aromatic N) is 3. The third kappa shape index (κ3) is 38.4. The predicted octanol–water partition coefficient (Wildman–Crippen LogP) is 17.3. The second-order valence-electron chi connectivity index (χ2n) is 27.9. The van der Waals surface area contributed by atoms with Crippen LogP contribution in [-0.2, 0) is 38.4 Å². The van der Waals surface area contributed by atoms with Gasteiger partial charge in [0.25, 0.3) is 11.1 Å². The molecule has 6 fully saturated rings. The molecule has 0 unspecified atom stereocenters.